The molecule has 0 bridgehead atoms. The van der Waals surface area contributed by atoms with Crippen LogP contribution in [-0.4, -0.2) is 26.7 Å². The molecule has 100 valence electrons. The fourth-order valence-electron chi connectivity index (χ4n) is 2.51. The highest BCUT2D eigenvalue weighted by Gasteiger charge is 2.27. The van der Waals surface area contributed by atoms with Gasteiger partial charge >= 0.3 is 0 Å². The minimum Gasteiger partial charge on any atom is -0.494 e. The third-order valence-corrected chi connectivity index (χ3v) is 3.42. The van der Waals surface area contributed by atoms with Gasteiger partial charge < -0.3 is 15.4 Å². The standard InChI is InChI=1S/C13H18F2N2O/c1-16-13(11-4-3-5-17-11)8-6-10(15)12(18-2)7-9(8)14/h6-7,11,13,16-17H,3-5H2,1-2H3. The number of benzene rings is 1. The largest absolute Gasteiger partial charge is 0.494 e. The van der Waals surface area contributed by atoms with Crippen molar-refractivity contribution >= 4 is 0 Å². The van der Waals surface area contributed by atoms with E-state index in [0.717, 1.165) is 25.5 Å². The molecule has 2 N–H and O–H groups in total. The van der Waals surface area contributed by atoms with Gasteiger partial charge in [-0.2, -0.15) is 0 Å². The van der Waals surface area contributed by atoms with Crippen LogP contribution in [0.25, 0.3) is 0 Å². The van der Waals surface area contributed by atoms with Gasteiger partial charge in [0, 0.05) is 17.7 Å². The van der Waals surface area contributed by atoms with Gasteiger partial charge in [0.25, 0.3) is 0 Å². The summed E-state index contributed by atoms with van der Waals surface area (Å²) in [6.45, 7) is 0.920. The summed E-state index contributed by atoms with van der Waals surface area (Å²) in [6, 6.07) is 2.23. The molecule has 2 unspecified atom stereocenters. The van der Waals surface area contributed by atoms with Crippen molar-refractivity contribution in [3.63, 3.8) is 0 Å². The van der Waals surface area contributed by atoms with Crippen molar-refractivity contribution in [3.8, 4) is 5.75 Å². The van der Waals surface area contributed by atoms with Crippen molar-refractivity contribution in [1.29, 1.82) is 0 Å². The Morgan fingerprint density at radius 3 is 2.72 bits per heavy atom. The highest BCUT2D eigenvalue weighted by Crippen LogP contribution is 2.29. The first-order chi connectivity index (χ1) is 8.67. The van der Waals surface area contributed by atoms with Gasteiger partial charge in [-0.05, 0) is 32.5 Å². The lowest BCUT2D eigenvalue weighted by atomic mass is 9.97. The predicted molar refractivity (Wildman–Crippen MR) is 65.7 cm³/mol. The fraction of sp³-hybridized carbons (Fsp3) is 0.538. The molecule has 0 aromatic heterocycles. The van der Waals surface area contributed by atoms with Crippen LogP contribution in [0.5, 0.6) is 5.75 Å². The SMILES string of the molecule is CNC(c1cc(F)c(OC)cc1F)C1CCCN1. The Morgan fingerprint density at radius 2 is 2.17 bits per heavy atom. The van der Waals surface area contributed by atoms with Crippen LogP contribution >= 0.6 is 0 Å². The summed E-state index contributed by atoms with van der Waals surface area (Å²) >= 11 is 0. The molecule has 0 aliphatic carbocycles. The van der Waals surface area contributed by atoms with E-state index in [1.54, 1.807) is 7.05 Å². The first kappa shape index (κ1) is 13.2. The van der Waals surface area contributed by atoms with Crippen LogP contribution < -0.4 is 15.4 Å². The lowest BCUT2D eigenvalue weighted by Crippen LogP contribution is -2.36. The number of hydrogen-bond donors (Lipinski definition) is 2. The minimum atomic E-state index is -0.535. The monoisotopic (exact) mass is 256 g/mol. The Hall–Kier alpha value is -1.20. The third-order valence-electron chi connectivity index (χ3n) is 3.42. The molecule has 1 aromatic carbocycles. The second kappa shape index (κ2) is 5.63. The number of hydrogen-bond acceptors (Lipinski definition) is 3. The first-order valence-corrected chi connectivity index (χ1v) is 6.11. The normalized spacial score (nSPS) is 21.0. The molecule has 5 heteroatoms. The highest BCUT2D eigenvalue weighted by molar-refractivity contribution is 5.33. The zero-order chi connectivity index (χ0) is 13.1. The van der Waals surface area contributed by atoms with Crippen LogP contribution in [0.4, 0.5) is 8.78 Å². The molecule has 0 amide bonds. The Kier molecular flexibility index (Phi) is 4.14. The van der Waals surface area contributed by atoms with Crippen LogP contribution in [0, 0.1) is 11.6 Å². The summed E-state index contributed by atoms with van der Waals surface area (Å²) in [4.78, 5) is 0. The van der Waals surface area contributed by atoms with Gasteiger partial charge in [-0.15, -0.1) is 0 Å². The predicted octanol–water partition coefficient (Wildman–Crippen LogP) is 1.99. The lowest BCUT2D eigenvalue weighted by Gasteiger charge is -2.24. The summed E-state index contributed by atoms with van der Waals surface area (Å²) < 4.78 is 32.4. The van der Waals surface area contributed by atoms with Crippen molar-refractivity contribution in [2.24, 2.45) is 0 Å². The molecule has 1 aromatic rings. The van der Waals surface area contributed by atoms with Gasteiger partial charge in [0.2, 0.25) is 0 Å². The van der Waals surface area contributed by atoms with E-state index in [1.165, 1.54) is 13.2 Å². The average Bonchev–Trinajstić information content (AvgIpc) is 2.87. The molecule has 1 heterocycles. The molecule has 0 spiro atoms. The molecular weight excluding hydrogens is 238 g/mol. The van der Waals surface area contributed by atoms with Gasteiger partial charge in [-0.1, -0.05) is 0 Å². The Bertz CT molecular complexity index is 420. The Labute approximate surface area is 106 Å². The van der Waals surface area contributed by atoms with E-state index in [1.807, 2.05) is 0 Å². The van der Waals surface area contributed by atoms with E-state index in [-0.39, 0.29) is 17.8 Å². The topological polar surface area (TPSA) is 33.3 Å². The minimum absolute atomic E-state index is 0.0644. The second-order valence-corrected chi connectivity index (χ2v) is 4.48. The molecule has 2 rings (SSSR count). The maximum absolute atomic E-state index is 14.0. The van der Waals surface area contributed by atoms with Crippen molar-refractivity contribution in [2.75, 3.05) is 20.7 Å². The number of ether oxygens (including phenoxy) is 1. The maximum atomic E-state index is 14.0. The quantitative estimate of drug-likeness (QED) is 0.864. The Balaban J connectivity index is 2.32. The number of likely N-dealkylation sites (N-methyl/N-ethyl adjacent to an activating group) is 1. The van der Waals surface area contributed by atoms with Crippen LogP contribution in [-0.2, 0) is 0 Å². The summed E-state index contributed by atoms with van der Waals surface area (Å²) in [6.07, 6.45) is 2.02. The summed E-state index contributed by atoms with van der Waals surface area (Å²) in [5, 5.41) is 6.35. The van der Waals surface area contributed by atoms with Crippen LogP contribution in [0.15, 0.2) is 12.1 Å². The molecule has 0 saturated carbocycles. The average molecular weight is 256 g/mol. The first-order valence-electron chi connectivity index (χ1n) is 6.11. The van der Waals surface area contributed by atoms with Crippen LogP contribution in [0.2, 0.25) is 0 Å². The van der Waals surface area contributed by atoms with Crippen molar-refractivity contribution in [3.05, 3.63) is 29.3 Å². The molecule has 1 aliphatic rings. The number of nitrogens with one attached hydrogen (secondary N) is 2. The van der Waals surface area contributed by atoms with Gasteiger partial charge in [0.15, 0.2) is 11.6 Å². The van der Waals surface area contributed by atoms with E-state index >= 15 is 0 Å². The molecule has 18 heavy (non-hydrogen) atoms. The lowest BCUT2D eigenvalue weighted by molar-refractivity contribution is 0.375. The van der Waals surface area contributed by atoms with Crippen LogP contribution in [0.3, 0.4) is 0 Å². The molecule has 0 radical (unpaired) electrons. The molecule has 1 aliphatic heterocycles. The smallest absolute Gasteiger partial charge is 0.165 e. The number of rotatable bonds is 4. The van der Waals surface area contributed by atoms with Crippen molar-refractivity contribution in [2.45, 2.75) is 24.9 Å². The van der Waals surface area contributed by atoms with Crippen LogP contribution in [0.1, 0.15) is 24.4 Å². The van der Waals surface area contributed by atoms with E-state index in [0.29, 0.717) is 5.56 Å². The van der Waals surface area contributed by atoms with E-state index in [2.05, 4.69) is 10.6 Å². The number of halogens is 2. The van der Waals surface area contributed by atoms with Crippen molar-refractivity contribution in [1.82, 2.24) is 10.6 Å². The third kappa shape index (κ3) is 2.47. The van der Waals surface area contributed by atoms with E-state index in [4.69, 9.17) is 4.74 Å². The summed E-state index contributed by atoms with van der Waals surface area (Å²) in [7, 11) is 3.08. The fourth-order valence-corrected chi connectivity index (χ4v) is 2.51. The molecule has 1 saturated heterocycles. The second-order valence-electron chi connectivity index (χ2n) is 4.48. The van der Waals surface area contributed by atoms with Gasteiger partial charge in [0.05, 0.1) is 13.2 Å². The highest BCUT2D eigenvalue weighted by atomic mass is 19.1. The van der Waals surface area contributed by atoms with Crippen molar-refractivity contribution < 1.29 is 13.5 Å². The molecule has 1 fully saturated rings. The number of methoxy groups -OCH3 is 1. The zero-order valence-electron chi connectivity index (χ0n) is 10.6. The maximum Gasteiger partial charge on any atom is 0.165 e. The molecular formula is C13H18F2N2O. The van der Waals surface area contributed by atoms with Gasteiger partial charge in [0.1, 0.15) is 5.82 Å². The van der Waals surface area contributed by atoms with E-state index < -0.39 is 11.6 Å². The summed E-state index contributed by atoms with van der Waals surface area (Å²) in [5.74, 6) is -1.04. The van der Waals surface area contributed by atoms with Gasteiger partial charge in [-0.25, -0.2) is 8.78 Å². The summed E-state index contributed by atoms with van der Waals surface area (Å²) in [5.41, 5.74) is 0.343. The Morgan fingerprint density at radius 1 is 1.39 bits per heavy atom. The molecule has 3 nitrogen and oxygen atoms in total. The van der Waals surface area contributed by atoms with E-state index in [9.17, 15) is 8.78 Å². The zero-order valence-corrected chi connectivity index (χ0v) is 10.6. The molecule has 2 atom stereocenters. The van der Waals surface area contributed by atoms with Gasteiger partial charge in [-0.3, -0.25) is 0 Å².